The Morgan fingerprint density at radius 3 is 2.79 bits per heavy atom. The number of rotatable bonds is 8. The molecule has 0 radical (unpaired) electrons. The summed E-state index contributed by atoms with van der Waals surface area (Å²) in [5.41, 5.74) is 0.890. The van der Waals surface area contributed by atoms with Crippen LogP contribution in [0.5, 0.6) is 11.5 Å². The van der Waals surface area contributed by atoms with Crippen LogP contribution in [0, 0.1) is 0 Å². The molecule has 2 aromatic rings. The Morgan fingerprint density at radius 1 is 1.33 bits per heavy atom. The highest BCUT2D eigenvalue weighted by molar-refractivity contribution is 7.09. The van der Waals surface area contributed by atoms with E-state index in [-0.39, 0.29) is 6.03 Å². The van der Waals surface area contributed by atoms with E-state index in [0.29, 0.717) is 31.1 Å². The van der Waals surface area contributed by atoms with Crippen LogP contribution < -0.4 is 14.8 Å². The molecule has 0 bridgehead atoms. The molecule has 0 spiro atoms. The molecule has 0 saturated carbocycles. The van der Waals surface area contributed by atoms with Crippen molar-refractivity contribution in [1.29, 1.82) is 0 Å². The molecule has 128 valence electrons. The largest absolute Gasteiger partial charge is 0.497 e. The third kappa shape index (κ3) is 4.76. The summed E-state index contributed by atoms with van der Waals surface area (Å²) in [5.74, 6) is 1.40. The first-order valence-electron chi connectivity index (χ1n) is 7.55. The van der Waals surface area contributed by atoms with Gasteiger partial charge in [0.1, 0.15) is 11.5 Å². The summed E-state index contributed by atoms with van der Waals surface area (Å²) in [6.07, 6.45) is 1.72. The summed E-state index contributed by atoms with van der Waals surface area (Å²) in [5, 5.41) is 4.93. The number of benzene rings is 1. The lowest BCUT2D eigenvalue weighted by molar-refractivity contribution is 0.201. The fourth-order valence-corrected chi connectivity index (χ4v) is 2.97. The predicted octanol–water partition coefficient (Wildman–Crippen LogP) is 3.66. The minimum Gasteiger partial charge on any atom is -0.497 e. The van der Waals surface area contributed by atoms with E-state index in [9.17, 15) is 4.79 Å². The second-order valence-corrected chi connectivity index (χ2v) is 6.12. The van der Waals surface area contributed by atoms with Crippen molar-refractivity contribution >= 4 is 17.4 Å². The Labute approximate surface area is 146 Å². The maximum absolute atomic E-state index is 12.5. The van der Waals surface area contributed by atoms with Gasteiger partial charge in [-0.3, -0.25) is 0 Å². The highest BCUT2D eigenvalue weighted by Gasteiger charge is 2.14. The minimum atomic E-state index is -0.138. The molecule has 2 amide bonds. The van der Waals surface area contributed by atoms with Gasteiger partial charge in [0.25, 0.3) is 0 Å². The molecule has 1 aromatic carbocycles. The van der Waals surface area contributed by atoms with E-state index in [0.717, 1.165) is 10.4 Å². The van der Waals surface area contributed by atoms with E-state index in [1.165, 1.54) is 0 Å². The lowest BCUT2D eigenvalue weighted by Gasteiger charge is -2.21. The van der Waals surface area contributed by atoms with Crippen LogP contribution in [0.15, 0.2) is 48.4 Å². The van der Waals surface area contributed by atoms with Crippen LogP contribution in [-0.2, 0) is 13.1 Å². The van der Waals surface area contributed by atoms with Crippen molar-refractivity contribution in [3.63, 3.8) is 0 Å². The Hall–Kier alpha value is -2.47. The molecule has 0 aliphatic carbocycles. The second kappa shape index (κ2) is 8.98. The van der Waals surface area contributed by atoms with Gasteiger partial charge in [0.2, 0.25) is 0 Å². The number of carbonyl (C=O) groups excluding carboxylic acids is 1. The third-order valence-corrected chi connectivity index (χ3v) is 4.35. The first-order valence-corrected chi connectivity index (χ1v) is 8.42. The number of urea groups is 1. The molecule has 0 saturated heterocycles. The van der Waals surface area contributed by atoms with E-state index in [1.807, 2.05) is 29.6 Å². The molecule has 0 atom stereocenters. The first kappa shape index (κ1) is 17.9. The average Bonchev–Trinajstić information content (AvgIpc) is 3.12. The molecular weight excluding hydrogens is 324 g/mol. The molecule has 1 aromatic heterocycles. The summed E-state index contributed by atoms with van der Waals surface area (Å²) in [6, 6.07) is 9.38. The number of nitrogens with one attached hydrogen (secondary N) is 1. The van der Waals surface area contributed by atoms with Crippen LogP contribution >= 0.6 is 11.3 Å². The highest BCUT2D eigenvalue weighted by Crippen LogP contribution is 2.24. The molecule has 1 N–H and O–H groups in total. The van der Waals surface area contributed by atoms with Crippen LogP contribution in [0.1, 0.15) is 10.4 Å². The van der Waals surface area contributed by atoms with Gasteiger partial charge >= 0.3 is 6.03 Å². The Balaban J connectivity index is 2.00. The molecule has 24 heavy (non-hydrogen) atoms. The van der Waals surface area contributed by atoms with E-state index in [2.05, 4.69) is 11.9 Å². The van der Waals surface area contributed by atoms with Crippen molar-refractivity contribution in [3.8, 4) is 11.5 Å². The van der Waals surface area contributed by atoms with Gasteiger partial charge in [-0.1, -0.05) is 12.1 Å². The summed E-state index contributed by atoms with van der Waals surface area (Å²) in [4.78, 5) is 15.3. The number of carbonyl (C=O) groups is 1. The maximum Gasteiger partial charge on any atom is 0.318 e. The van der Waals surface area contributed by atoms with Crippen molar-refractivity contribution < 1.29 is 14.3 Å². The summed E-state index contributed by atoms with van der Waals surface area (Å²) in [7, 11) is 3.20. The zero-order chi connectivity index (χ0) is 17.4. The van der Waals surface area contributed by atoms with Crippen LogP contribution in [-0.4, -0.2) is 31.7 Å². The SMILES string of the molecule is C=CCN(Cc1cccs1)C(=O)NCc1ccc(OC)cc1OC. The molecule has 6 heteroatoms. The fraction of sp³-hybridized carbons (Fsp3) is 0.278. The van der Waals surface area contributed by atoms with E-state index in [1.54, 1.807) is 42.6 Å². The van der Waals surface area contributed by atoms with Gasteiger partial charge in [-0.2, -0.15) is 0 Å². The molecular formula is C18H22N2O3S. The van der Waals surface area contributed by atoms with Crippen molar-refractivity contribution in [2.45, 2.75) is 13.1 Å². The van der Waals surface area contributed by atoms with Crippen LogP contribution in [0.4, 0.5) is 4.79 Å². The van der Waals surface area contributed by atoms with Crippen LogP contribution in [0.3, 0.4) is 0 Å². The minimum absolute atomic E-state index is 0.138. The van der Waals surface area contributed by atoms with E-state index in [4.69, 9.17) is 9.47 Å². The van der Waals surface area contributed by atoms with Gasteiger partial charge in [-0.15, -0.1) is 17.9 Å². The number of methoxy groups -OCH3 is 2. The number of amides is 2. The monoisotopic (exact) mass is 346 g/mol. The molecule has 0 aliphatic heterocycles. The Morgan fingerprint density at radius 2 is 2.17 bits per heavy atom. The third-order valence-electron chi connectivity index (χ3n) is 3.49. The number of ether oxygens (including phenoxy) is 2. The lowest BCUT2D eigenvalue weighted by Crippen LogP contribution is -2.39. The predicted molar refractivity (Wildman–Crippen MR) is 96.7 cm³/mol. The van der Waals surface area contributed by atoms with Crippen molar-refractivity contribution in [3.05, 3.63) is 58.8 Å². The lowest BCUT2D eigenvalue weighted by atomic mass is 10.2. The molecule has 5 nitrogen and oxygen atoms in total. The second-order valence-electron chi connectivity index (χ2n) is 5.09. The van der Waals surface area contributed by atoms with Crippen molar-refractivity contribution in [2.24, 2.45) is 0 Å². The van der Waals surface area contributed by atoms with E-state index < -0.39 is 0 Å². The Kier molecular flexibility index (Phi) is 6.69. The van der Waals surface area contributed by atoms with Gasteiger partial charge < -0.3 is 19.7 Å². The zero-order valence-corrected chi connectivity index (χ0v) is 14.8. The quantitative estimate of drug-likeness (QED) is 0.742. The van der Waals surface area contributed by atoms with Crippen molar-refractivity contribution in [1.82, 2.24) is 10.2 Å². The standard InChI is InChI=1S/C18H22N2O3S/c1-4-9-20(13-16-6-5-10-24-16)18(21)19-12-14-7-8-15(22-2)11-17(14)23-3/h4-8,10-11H,1,9,12-13H2,2-3H3,(H,19,21). The van der Waals surface area contributed by atoms with Gasteiger partial charge in [0, 0.05) is 29.6 Å². The molecule has 0 fully saturated rings. The van der Waals surface area contributed by atoms with Crippen LogP contribution in [0.2, 0.25) is 0 Å². The van der Waals surface area contributed by atoms with Gasteiger partial charge in [-0.05, 0) is 23.6 Å². The summed E-state index contributed by atoms with van der Waals surface area (Å²) < 4.78 is 10.5. The number of nitrogens with zero attached hydrogens (tertiary/aromatic N) is 1. The highest BCUT2D eigenvalue weighted by atomic mass is 32.1. The van der Waals surface area contributed by atoms with Gasteiger partial charge in [0.15, 0.2) is 0 Å². The van der Waals surface area contributed by atoms with Gasteiger partial charge in [0.05, 0.1) is 20.8 Å². The van der Waals surface area contributed by atoms with E-state index >= 15 is 0 Å². The molecule has 0 aliphatic rings. The normalized spacial score (nSPS) is 10.1. The summed E-state index contributed by atoms with van der Waals surface area (Å²) in [6.45, 7) is 5.16. The van der Waals surface area contributed by atoms with Gasteiger partial charge in [-0.25, -0.2) is 4.79 Å². The fourth-order valence-electron chi connectivity index (χ4n) is 2.25. The molecule has 0 unspecified atom stereocenters. The number of thiophene rings is 1. The molecule has 1 heterocycles. The zero-order valence-electron chi connectivity index (χ0n) is 14.0. The maximum atomic E-state index is 12.5. The summed E-state index contributed by atoms with van der Waals surface area (Å²) >= 11 is 1.63. The molecule has 2 rings (SSSR count). The first-order chi connectivity index (χ1) is 11.7. The Bertz CT molecular complexity index is 671. The van der Waals surface area contributed by atoms with Crippen LogP contribution in [0.25, 0.3) is 0 Å². The smallest absolute Gasteiger partial charge is 0.318 e. The topological polar surface area (TPSA) is 50.8 Å². The number of hydrogen-bond donors (Lipinski definition) is 1. The van der Waals surface area contributed by atoms with Crippen molar-refractivity contribution in [2.75, 3.05) is 20.8 Å². The number of hydrogen-bond acceptors (Lipinski definition) is 4. The average molecular weight is 346 g/mol.